The van der Waals surface area contributed by atoms with Crippen molar-refractivity contribution < 1.29 is 4.79 Å². The molecule has 0 unspecified atom stereocenters. The molecule has 1 aromatic carbocycles. The summed E-state index contributed by atoms with van der Waals surface area (Å²) in [7, 11) is 0. The molecule has 0 atom stereocenters. The molecule has 1 N–H and O–H groups in total. The number of fused-ring (bicyclic) bond motifs is 1. The van der Waals surface area contributed by atoms with Gasteiger partial charge in [0.15, 0.2) is 0 Å². The zero-order valence-electron chi connectivity index (χ0n) is 7.47. The molecule has 0 bridgehead atoms. The lowest BCUT2D eigenvalue weighted by atomic mass is 10.2. The molecule has 3 heteroatoms. The third-order valence-electron chi connectivity index (χ3n) is 1.92. The first-order chi connectivity index (χ1) is 6.90. The minimum atomic E-state index is 0.622. The standard InChI is InChI=1S/C11H9N2O/c14-8-12-7-10-6-5-9-3-1-2-4-11(9)13-10/h1-8H,(H,12,14). The van der Waals surface area contributed by atoms with Gasteiger partial charge in [-0.05, 0) is 12.1 Å². The van der Waals surface area contributed by atoms with E-state index < -0.39 is 0 Å². The Labute approximate surface area is 81.8 Å². The van der Waals surface area contributed by atoms with Crippen molar-refractivity contribution in [3.63, 3.8) is 0 Å². The highest BCUT2D eigenvalue weighted by Crippen LogP contribution is 2.11. The second-order valence-corrected chi connectivity index (χ2v) is 2.86. The molecule has 0 aliphatic rings. The van der Waals surface area contributed by atoms with Crippen LogP contribution in [0.2, 0.25) is 0 Å². The maximum absolute atomic E-state index is 10.1. The van der Waals surface area contributed by atoms with Crippen LogP contribution in [0, 0.1) is 6.54 Å². The van der Waals surface area contributed by atoms with Gasteiger partial charge < -0.3 is 5.32 Å². The first kappa shape index (κ1) is 8.69. The number of nitrogens with zero attached hydrogens (tertiary/aromatic N) is 1. The monoisotopic (exact) mass is 185 g/mol. The zero-order valence-corrected chi connectivity index (χ0v) is 7.47. The van der Waals surface area contributed by atoms with Gasteiger partial charge in [-0.3, -0.25) is 9.78 Å². The average molecular weight is 185 g/mol. The van der Waals surface area contributed by atoms with Crippen LogP contribution >= 0.6 is 0 Å². The number of hydrogen-bond donors (Lipinski definition) is 1. The topological polar surface area (TPSA) is 42.0 Å². The number of benzene rings is 1. The van der Waals surface area contributed by atoms with E-state index in [0.29, 0.717) is 6.41 Å². The predicted molar refractivity (Wildman–Crippen MR) is 54.3 cm³/mol. The number of amides is 1. The Balaban J connectivity index is 2.36. The normalized spacial score (nSPS) is 10.0. The Morgan fingerprint density at radius 3 is 2.86 bits per heavy atom. The van der Waals surface area contributed by atoms with Crippen molar-refractivity contribution in [2.45, 2.75) is 0 Å². The molecule has 0 fully saturated rings. The van der Waals surface area contributed by atoms with E-state index in [0.717, 1.165) is 16.6 Å². The third kappa shape index (κ3) is 1.71. The van der Waals surface area contributed by atoms with E-state index >= 15 is 0 Å². The molecule has 0 saturated heterocycles. The minimum absolute atomic E-state index is 0.622. The van der Waals surface area contributed by atoms with Crippen molar-refractivity contribution >= 4 is 17.3 Å². The number of nitrogens with one attached hydrogen (secondary N) is 1. The van der Waals surface area contributed by atoms with Crippen LogP contribution in [0.3, 0.4) is 0 Å². The van der Waals surface area contributed by atoms with Crippen molar-refractivity contribution in [3.05, 3.63) is 48.6 Å². The summed E-state index contributed by atoms with van der Waals surface area (Å²) in [5, 5.41) is 3.55. The first-order valence-corrected chi connectivity index (χ1v) is 4.29. The Kier molecular flexibility index (Phi) is 2.40. The van der Waals surface area contributed by atoms with E-state index in [2.05, 4.69) is 10.3 Å². The van der Waals surface area contributed by atoms with Gasteiger partial charge in [-0.2, -0.15) is 0 Å². The van der Waals surface area contributed by atoms with Crippen molar-refractivity contribution in [2.75, 3.05) is 0 Å². The highest BCUT2D eigenvalue weighted by atomic mass is 16.1. The van der Waals surface area contributed by atoms with E-state index in [1.807, 2.05) is 36.4 Å². The summed E-state index contributed by atoms with van der Waals surface area (Å²) in [6.07, 6.45) is 0.622. The number of para-hydroxylation sites is 1. The fourth-order valence-corrected chi connectivity index (χ4v) is 1.28. The van der Waals surface area contributed by atoms with Gasteiger partial charge in [0.2, 0.25) is 6.41 Å². The molecule has 0 saturated carbocycles. The second-order valence-electron chi connectivity index (χ2n) is 2.86. The van der Waals surface area contributed by atoms with Crippen LogP contribution < -0.4 is 5.32 Å². The molecule has 0 aliphatic heterocycles. The summed E-state index contributed by atoms with van der Waals surface area (Å²) in [4.78, 5) is 14.4. The quantitative estimate of drug-likeness (QED) is 0.736. The molecular weight excluding hydrogens is 176 g/mol. The Morgan fingerprint density at radius 2 is 2.00 bits per heavy atom. The maximum Gasteiger partial charge on any atom is 0.207 e. The Hall–Kier alpha value is -1.90. The first-order valence-electron chi connectivity index (χ1n) is 4.29. The van der Waals surface area contributed by atoms with Gasteiger partial charge >= 0.3 is 0 Å². The number of aromatic nitrogens is 1. The van der Waals surface area contributed by atoms with Gasteiger partial charge in [0.1, 0.15) is 0 Å². The lowest BCUT2D eigenvalue weighted by Gasteiger charge is -2.00. The highest BCUT2D eigenvalue weighted by molar-refractivity contribution is 5.78. The largest absolute Gasteiger partial charge is 0.348 e. The van der Waals surface area contributed by atoms with E-state index in [-0.39, 0.29) is 0 Å². The molecule has 1 aromatic heterocycles. The van der Waals surface area contributed by atoms with E-state index in [4.69, 9.17) is 0 Å². The molecule has 0 spiro atoms. The molecule has 1 amide bonds. The van der Waals surface area contributed by atoms with Crippen molar-refractivity contribution in [2.24, 2.45) is 0 Å². The molecule has 1 heterocycles. The lowest BCUT2D eigenvalue weighted by Crippen LogP contribution is -2.07. The Morgan fingerprint density at radius 1 is 1.14 bits per heavy atom. The van der Waals surface area contributed by atoms with Crippen LogP contribution in [0.15, 0.2) is 36.4 Å². The van der Waals surface area contributed by atoms with Crippen molar-refractivity contribution in [1.82, 2.24) is 10.3 Å². The summed E-state index contributed by atoms with van der Waals surface area (Å²) in [6.45, 7) is 1.57. The molecule has 69 valence electrons. The Bertz CT molecular complexity index is 454. The van der Waals surface area contributed by atoms with E-state index in [1.54, 1.807) is 6.54 Å². The molecule has 0 aliphatic carbocycles. The fourth-order valence-electron chi connectivity index (χ4n) is 1.28. The molecule has 1 radical (unpaired) electrons. The van der Waals surface area contributed by atoms with Crippen LogP contribution in [0.1, 0.15) is 5.69 Å². The van der Waals surface area contributed by atoms with Crippen molar-refractivity contribution in [3.8, 4) is 0 Å². The molecule has 2 rings (SSSR count). The van der Waals surface area contributed by atoms with Gasteiger partial charge in [-0.15, -0.1) is 0 Å². The maximum atomic E-state index is 10.1. The van der Waals surface area contributed by atoms with Crippen LogP contribution in [0.4, 0.5) is 0 Å². The van der Waals surface area contributed by atoms with E-state index in [1.165, 1.54) is 0 Å². The molecule has 14 heavy (non-hydrogen) atoms. The van der Waals surface area contributed by atoms with Crippen LogP contribution in [-0.4, -0.2) is 11.4 Å². The number of carbonyl (C=O) groups is 1. The number of rotatable bonds is 3. The van der Waals surface area contributed by atoms with Crippen LogP contribution in [0.25, 0.3) is 10.9 Å². The fraction of sp³-hybridized carbons (Fsp3) is 0. The summed E-state index contributed by atoms with van der Waals surface area (Å²) in [6, 6.07) is 11.7. The molecular formula is C11H9N2O. The summed E-state index contributed by atoms with van der Waals surface area (Å²) >= 11 is 0. The van der Waals surface area contributed by atoms with Crippen LogP contribution in [-0.2, 0) is 4.79 Å². The summed E-state index contributed by atoms with van der Waals surface area (Å²) in [5.74, 6) is 0. The number of hydrogen-bond acceptors (Lipinski definition) is 2. The smallest absolute Gasteiger partial charge is 0.207 e. The lowest BCUT2D eigenvalue weighted by molar-refractivity contribution is -0.109. The molecule has 3 nitrogen and oxygen atoms in total. The summed E-state index contributed by atoms with van der Waals surface area (Å²) < 4.78 is 0. The zero-order chi connectivity index (χ0) is 9.80. The van der Waals surface area contributed by atoms with Gasteiger partial charge in [-0.25, -0.2) is 0 Å². The highest BCUT2D eigenvalue weighted by Gasteiger charge is 1.96. The average Bonchev–Trinajstić information content (AvgIpc) is 2.26. The van der Waals surface area contributed by atoms with Gasteiger partial charge in [0, 0.05) is 5.39 Å². The van der Waals surface area contributed by atoms with Crippen molar-refractivity contribution in [1.29, 1.82) is 0 Å². The SMILES string of the molecule is O=CN[CH]c1ccc2ccccc2n1. The van der Waals surface area contributed by atoms with Crippen LogP contribution in [0.5, 0.6) is 0 Å². The van der Waals surface area contributed by atoms with Gasteiger partial charge in [-0.1, -0.05) is 24.3 Å². The number of pyridine rings is 1. The van der Waals surface area contributed by atoms with E-state index in [9.17, 15) is 4.79 Å². The second kappa shape index (κ2) is 3.87. The number of carbonyl (C=O) groups excluding carboxylic acids is 1. The van der Waals surface area contributed by atoms with Gasteiger partial charge in [0.05, 0.1) is 17.8 Å². The van der Waals surface area contributed by atoms with Gasteiger partial charge in [0.25, 0.3) is 0 Å². The molecule has 2 aromatic rings. The third-order valence-corrected chi connectivity index (χ3v) is 1.92. The minimum Gasteiger partial charge on any atom is -0.348 e. The predicted octanol–water partition coefficient (Wildman–Crippen LogP) is 1.49. The summed E-state index contributed by atoms with van der Waals surface area (Å²) in [5.41, 5.74) is 1.67.